The number of carbonyl (C=O) groups is 1. The quantitative estimate of drug-likeness (QED) is 0.655. The van der Waals surface area contributed by atoms with Gasteiger partial charge in [-0.1, -0.05) is 0 Å². The summed E-state index contributed by atoms with van der Waals surface area (Å²) >= 11 is 0. The Labute approximate surface area is 123 Å². The number of morpholine rings is 1. The van der Waals surface area contributed by atoms with Gasteiger partial charge in [0.15, 0.2) is 0 Å². The lowest BCUT2D eigenvalue weighted by atomic mass is 10.3. The minimum Gasteiger partial charge on any atom is -0.392 e. The average molecular weight is 317 g/mol. The zero-order valence-electron chi connectivity index (χ0n) is 11.7. The number of nitrogens with one attached hydrogen (secondary N) is 2. The van der Waals surface area contributed by atoms with E-state index < -0.39 is 22.0 Å². The summed E-state index contributed by atoms with van der Waals surface area (Å²) in [7, 11) is -3.61. The highest BCUT2D eigenvalue weighted by Crippen LogP contribution is 2.17. The Morgan fingerprint density at radius 2 is 2.19 bits per heavy atom. The van der Waals surface area contributed by atoms with E-state index in [9.17, 15) is 13.2 Å². The van der Waals surface area contributed by atoms with E-state index >= 15 is 0 Å². The molecule has 0 aromatic carbocycles. The van der Waals surface area contributed by atoms with Crippen LogP contribution in [0.25, 0.3) is 0 Å². The molecule has 0 radical (unpaired) electrons. The van der Waals surface area contributed by atoms with Gasteiger partial charge in [0.05, 0.1) is 19.3 Å². The maximum absolute atomic E-state index is 12.4. The lowest BCUT2D eigenvalue weighted by Crippen LogP contribution is -2.40. The summed E-state index contributed by atoms with van der Waals surface area (Å²) in [5.74, 6) is -0.459. The van der Waals surface area contributed by atoms with E-state index in [4.69, 9.17) is 9.84 Å². The molecule has 3 N–H and O–H groups in total. The Balaban J connectivity index is 2.09. The van der Waals surface area contributed by atoms with Crippen LogP contribution in [0.1, 0.15) is 17.4 Å². The highest BCUT2D eigenvalue weighted by atomic mass is 32.2. The van der Waals surface area contributed by atoms with Crippen LogP contribution in [-0.4, -0.2) is 67.7 Å². The van der Waals surface area contributed by atoms with Gasteiger partial charge in [0.1, 0.15) is 10.6 Å². The number of rotatable bonds is 5. The predicted molar refractivity (Wildman–Crippen MR) is 74.4 cm³/mol. The second-order valence-electron chi connectivity index (χ2n) is 4.82. The molecule has 1 aliphatic heterocycles. The van der Waals surface area contributed by atoms with Crippen LogP contribution in [0.5, 0.6) is 0 Å². The van der Waals surface area contributed by atoms with Crippen molar-refractivity contribution >= 4 is 15.9 Å². The first-order valence-corrected chi connectivity index (χ1v) is 8.08. The van der Waals surface area contributed by atoms with Gasteiger partial charge in [-0.25, -0.2) is 8.42 Å². The first-order valence-electron chi connectivity index (χ1n) is 6.64. The van der Waals surface area contributed by atoms with Gasteiger partial charge in [-0.2, -0.15) is 4.31 Å². The Morgan fingerprint density at radius 3 is 2.81 bits per heavy atom. The largest absolute Gasteiger partial charge is 0.392 e. The summed E-state index contributed by atoms with van der Waals surface area (Å²) in [4.78, 5) is 14.5. The van der Waals surface area contributed by atoms with E-state index in [0.29, 0.717) is 26.3 Å². The van der Waals surface area contributed by atoms with Gasteiger partial charge in [0, 0.05) is 25.8 Å². The SMILES string of the molecule is C[C@@H](O)CNC(=O)c1cc(S(=O)(=O)N2CCOCC2)c[nH]1. The fraction of sp³-hybridized carbons (Fsp3) is 0.583. The maximum atomic E-state index is 12.4. The number of H-pyrrole nitrogens is 1. The summed E-state index contributed by atoms with van der Waals surface area (Å²) < 4.78 is 31.2. The van der Waals surface area contributed by atoms with E-state index in [2.05, 4.69) is 10.3 Å². The number of aromatic nitrogens is 1. The van der Waals surface area contributed by atoms with Crippen LogP contribution in [0.2, 0.25) is 0 Å². The van der Waals surface area contributed by atoms with Crippen LogP contribution in [-0.2, 0) is 14.8 Å². The van der Waals surface area contributed by atoms with Crippen molar-refractivity contribution in [3.8, 4) is 0 Å². The summed E-state index contributed by atoms with van der Waals surface area (Å²) in [6, 6.07) is 1.29. The molecule has 8 nitrogen and oxygen atoms in total. The molecule has 0 aliphatic carbocycles. The fourth-order valence-corrected chi connectivity index (χ4v) is 3.33. The lowest BCUT2D eigenvalue weighted by Gasteiger charge is -2.25. The number of aliphatic hydroxyl groups is 1. The summed E-state index contributed by atoms with van der Waals surface area (Å²) in [5.41, 5.74) is 0.141. The molecule has 2 heterocycles. The number of aromatic amines is 1. The summed E-state index contributed by atoms with van der Waals surface area (Å²) in [6.07, 6.45) is 0.627. The molecular formula is C12H19N3O5S. The monoisotopic (exact) mass is 317 g/mol. The average Bonchev–Trinajstić information content (AvgIpc) is 2.96. The second-order valence-corrected chi connectivity index (χ2v) is 6.76. The first kappa shape index (κ1) is 16.0. The van der Waals surface area contributed by atoms with E-state index in [1.165, 1.54) is 16.6 Å². The minimum atomic E-state index is -3.61. The Bertz CT molecular complexity index is 590. The van der Waals surface area contributed by atoms with Crippen molar-refractivity contribution in [1.82, 2.24) is 14.6 Å². The van der Waals surface area contributed by atoms with Gasteiger partial charge >= 0.3 is 0 Å². The van der Waals surface area contributed by atoms with Crippen molar-refractivity contribution in [1.29, 1.82) is 0 Å². The molecule has 1 amide bonds. The molecule has 9 heteroatoms. The number of hydrogen-bond acceptors (Lipinski definition) is 5. The Hall–Kier alpha value is -1.42. The molecule has 1 aliphatic rings. The number of sulfonamides is 1. The second kappa shape index (κ2) is 6.56. The number of hydrogen-bond donors (Lipinski definition) is 3. The van der Waals surface area contributed by atoms with Crippen molar-refractivity contribution < 1.29 is 23.1 Å². The lowest BCUT2D eigenvalue weighted by molar-refractivity contribution is 0.0730. The van der Waals surface area contributed by atoms with Crippen LogP contribution in [0.15, 0.2) is 17.2 Å². The van der Waals surface area contributed by atoms with E-state index in [0.717, 1.165) is 0 Å². The summed E-state index contributed by atoms with van der Waals surface area (Å²) in [6.45, 7) is 2.98. The number of aliphatic hydroxyl groups excluding tert-OH is 1. The van der Waals surface area contributed by atoms with Crippen LogP contribution < -0.4 is 5.32 Å². The van der Waals surface area contributed by atoms with Crippen molar-refractivity contribution in [3.05, 3.63) is 18.0 Å². The normalized spacial score (nSPS) is 18.4. The molecule has 21 heavy (non-hydrogen) atoms. The van der Waals surface area contributed by atoms with Crippen LogP contribution in [0.4, 0.5) is 0 Å². The molecule has 118 valence electrons. The Morgan fingerprint density at radius 1 is 1.52 bits per heavy atom. The van der Waals surface area contributed by atoms with Crippen LogP contribution >= 0.6 is 0 Å². The Kier molecular flexibility index (Phi) is 4.99. The van der Waals surface area contributed by atoms with Crippen LogP contribution in [0.3, 0.4) is 0 Å². The molecule has 0 saturated carbocycles. The molecule has 1 atom stereocenters. The van der Waals surface area contributed by atoms with Gasteiger partial charge in [0.2, 0.25) is 10.0 Å². The molecule has 0 spiro atoms. The van der Waals surface area contributed by atoms with Crippen LogP contribution in [0, 0.1) is 0 Å². The highest BCUT2D eigenvalue weighted by molar-refractivity contribution is 7.89. The number of amides is 1. The summed E-state index contributed by atoms with van der Waals surface area (Å²) in [5, 5.41) is 11.6. The maximum Gasteiger partial charge on any atom is 0.267 e. The van der Waals surface area contributed by atoms with E-state index in [-0.39, 0.29) is 17.1 Å². The number of nitrogens with zero attached hydrogens (tertiary/aromatic N) is 1. The number of ether oxygens (including phenoxy) is 1. The molecule has 1 aromatic heterocycles. The third-order valence-corrected chi connectivity index (χ3v) is 4.94. The third kappa shape index (κ3) is 3.82. The van der Waals surface area contributed by atoms with Crippen molar-refractivity contribution in [3.63, 3.8) is 0 Å². The third-order valence-electron chi connectivity index (χ3n) is 3.07. The predicted octanol–water partition coefficient (Wildman–Crippen LogP) is -0.854. The zero-order chi connectivity index (χ0) is 15.5. The molecule has 2 rings (SSSR count). The minimum absolute atomic E-state index is 0.0478. The fourth-order valence-electron chi connectivity index (χ4n) is 1.93. The van der Waals surface area contributed by atoms with Gasteiger partial charge in [0.25, 0.3) is 5.91 Å². The van der Waals surface area contributed by atoms with Crippen molar-refractivity contribution in [2.24, 2.45) is 0 Å². The van der Waals surface area contributed by atoms with Gasteiger partial charge in [-0.3, -0.25) is 4.79 Å². The van der Waals surface area contributed by atoms with Gasteiger partial charge in [-0.05, 0) is 13.0 Å². The van der Waals surface area contributed by atoms with Gasteiger partial charge < -0.3 is 20.1 Å². The number of carbonyl (C=O) groups excluding carboxylic acids is 1. The molecule has 1 aromatic rings. The van der Waals surface area contributed by atoms with Crippen molar-refractivity contribution in [2.75, 3.05) is 32.8 Å². The van der Waals surface area contributed by atoms with Gasteiger partial charge in [-0.15, -0.1) is 0 Å². The molecule has 0 bridgehead atoms. The molecule has 1 fully saturated rings. The zero-order valence-corrected chi connectivity index (χ0v) is 12.5. The smallest absolute Gasteiger partial charge is 0.267 e. The molecule has 0 unspecified atom stereocenters. The van der Waals surface area contributed by atoms with E-state index in [1.807, 2.05) is 0 Å². The highest BCUT2D eigenvalue weighted by Gasteiger charge is 2.27. The molecular weight excluding hydrogens is 298 g/mol. The van der Waals surface area contributed by atoms with E-state index in [1.54, 1.807) is 6.92 Å². The standard InChI is InChI=1S/C12H19N3O5S/c1-9(16)7-14-12(17)11-6-10(8-13-11)21(18,19)15-2-4-20-5-3-15/h6,8-9,13,16H,2-5,7H2,1H3,(H,14,17)/t9-/m1/s1. The topological polar surface area (TPSA) is 112 Å². The molecule has 1 saturated heterocycles. The van der Waals surface area contributed by atoms with Crippen molar-refractivity contribution in [2.45, 2.75) is 17.9 Å². The first-order chi connectivity index (χ1) is 9.91.